The lowest BCUT2D eigenvalue weighted by molar-refractivity contribution is 0.242. The van der Waals surface area contributed by atoms with Crippen LogP contribution in [0.15, 0.2) is 4.79 Å². The van der Waals surface area contributed by atoms with E-state index in [4.69, 9.17) is 5.73 Å². The van der Waals surface area contributed by atoms with Crippen molar-refractivity contribution < 1.29 is 0 Å². The fraction of sp³-hybridized carbons (Fsp3) is 0.643. The molecule has 0 aromatic carbocycles. The summed E-state index contributed by atoms with van der Waals surface area (Å²) in [5, 5.41) is 0. The number of rotatable bonds is 3. The monoisotopic (exact) mass is 247 g/mol. The third kappa shape index (κ3) is 2.10. The van der Waals surface area contributed by atoms with Gasteiger partial charge in [-0.05, 0) is 43.2 Å². The second kappa shape index (κ2) is 4.52. The maximum absolute atomic E-state index is 11.9. The molecule has 4 heteroatoms. The molecule has 1 aliphatic heterocycles. The van der Waals surface area contributed by atoms with Crippen molar-refractivity contribution in [2.24, 2.45) is 11.7 Å². The Labute approximate surface area is 107 Å². The lowest BCUT2D eigenvalue weighted by Gasteiger charge is -2.30. The molecule has 0 bridgehead atoms. The van der Waals surface area contributed by atoms with Crippen LogP contribution in [0.4, 0.5) is 0 Å². The molecule has 3 rings (SSSR count). The first-order chi connectivity index (χ1) is 8.69. The minimum Gasteiger partial charge on any atom is -0.326 e. The number of fused-ring (bicyclic) bond motifs is 1. The molecule has 0 saturated heterocycles. The average Bonchev–Trinajstić information content (AvgIpc) is 3.14. The van der Waals surface area contributed by atoms with Gasteiger partial charge in [-0.2, -0.15) is 0 Å². The van der Waals surface area contributed by atoms with Crippen molar-refractivity contribution in [3.63, 3.8) is 0 Å². The molecule has 1 aromatic heterocycles. The minimum absolute atomic E-state index is 0.00407. The van der Waals surface area contributed by atoms with Gasteiger partial charge < -0.3 is 10.7 Å². The van der Waals surface area contributed by atoms with E-state index < -0.39 is 0 Å². The lowest BCUT2D eigenvalue weighted by atomic mass is 9.94. The van der Waals surface area contributed by atoms with Crippen molar-refractivity contribution in [1.82, 2.24) is 9.88 Å². The van der Waals surface area contributed by atoms with E-state index >= 15 is 0 Å². The normalized spacial score (nSPS) is 19.9. The average molecular weight is 247 g/mol. The van der Waals surface area contributed by atoms with Crippen LogP contribution in [-0.4, -0.2) is 23.0 Å². The van der Waals surface area contributed by atoms with Gasteiger partial charge in [0.15, 0.2) is 0 Å². The summed E-state index contributed by atoms with van der Waals surface area (Å²) in [6, 6.07) is 0. The van der Waals surface area contributed by atoms with Gasteiger partial charge in [-0.15, -0.1) is 0 Å². The van der Waals surface area contributed by atoms with Gasteiger partial charge in [-0.25, -0.2) is 0 Å². The van der Waals surface area contributed by atoms with E-state index in [2.05, 4.69) is 9.88 Å². The summed E-state index contributed by atoms with van der Waals surface area (Å²) in [7, 11) is 0. The molecule has 0 atom stereocenters. The van der Waals surface area contributed by atoms with Crippen LogP contribution in [0.25, 0.3) is 0 Å². The van der Waals surface area contributed by atoms with Crippen molar-refractivity contribution in [3.8, 4) is 0 Å². The molecule has 1 fully saturated rings. The molecule has 0 amide bonds. The predicted molar refractivity (Wildman–Crippen MR) is 71.4 cm³/mol. The molecule has 18 heavy (non-hydrogen) atoms. The first kappa shape index (κ1) is 11.9. The molecule has 1 aliphatic carbocycles. The largest absolute Gasteiger partial charge is 0.326 e. The van der Waals surface area contributed by atoms with Gasteiger partial charge in [-0.3, -0.25) is 9.69 Å². The SMILES string of the molecule is Cc1[nH]c(=O)c(CN)c2c1CN(CC1CC1)CC2. The van der Waals surface area contributed by atoms with Crippen molar-refractivity contribution >= 4 is 0 Å². The third-order valence-corrected chi connectivity index (χ3v) is 4.23. The molecule has 3 N–H and O–H groups in total. The Morgan fingerprint density at radius 2 is 2.17 bits per heavy atom. The van der Waals surface area contributed by atoms with Gasteiger partial charge >= 0.3 is 0 Å². The van der Waals surface area contributed by atoms with Crippen LogP contribution < -0.4 is 11.3 Å². The number of H-pyrrole nitrogens is 1. The molecule has 0 unspecified atom stereocenters. The zero-order chi connectivity index (χ0) is 12.7. The molecule has 0 radical (unpaired) electrons. The standard InChI is InChI=1S/C14H21N3O/c1-9-13-8-17(7-10-2-3-10)5-4-11(13)12(6-15)14(18)16-9/h10H,2-8,15H2,1H3,(H,16,18). The van der Waals surface area contributed by atoms with Crippen molar-refractivity contribution in [1.29, 1.82) is 0 Å². The van der Waals surface area contributed by atoms with Crippen LogP contribution in [0.3, 0.4) is 0 Å². The van der Waals surface area contributed by atoms with Gasteiger partial charge in [0.25, 0.3) is 5.56 Å². The number of nitrogens with one attached hydrogen (secondary N) is 1. The van der Waals surface area contributed by atoms with Crippen LogP contribution in [0, 0.1) is 12.8 Å². The highest BCUT2D eigenvalue weighted by molar-refractivity contribution is 5.38. The van der Waals surface area contributed by atoms with E-state index in [1.54, 1.807) is 0 Å². The van der Waals surface area contributed by atoms with E-state index in [0.717, 1.165) is 36.7 Å². The van der Waals surface area contributed by atoms with Crippen LogP contribution in [-0.2, 0) is 19.5 Å². The van der Waals surface area contributed by atoms with Crippen molar-refractivity contribution in [2.45, 2.75) is 39.3 Å². The maximum atomic E-state index is 11.9. The Bertz CT molecular complexity index is 517. The fourth-order valence-electron chi connectivity index (χ4n) is 2.99. The first-order valence-electron chi connectivity index (χ1n) is 6.85. The van der Waals surface area contributed by atoms with E-state index in [1.807, 2.05) is 6.92 Å². The van der Waals surface area contributed by atoms with Crippen LogP contribution >= 0.6 is 0 Å². The number of aromatic nitrogens is 1. The summed E-state index contributed by atoms with van der Waals surface area (Å²) in [5.74, 6) is 0.920. The van der Waals surface area contributed by atoms with Gasteiger partial charge in [0, 0.05) is 37.4 Å². The van der Waals surface area contributed by atoms with Crippen molar-refractivity contribution in [3.05, 3.63) is 32.7 Å². The second-order valence-electron chi connectivity index (χ2n) is 5.65. The predicted octanol–water partition coefficient (Wildman–Crippen LogP) is 0.910. The molecule has 1 saturated carbocycles. The Balaban J connectivity index is 1.92. The Hall–Kier alpha value is -1.13. The Morgan fingerprint density at radius 1 is 1.39 bits per heavy atom. The third-order valence-electron chi connectivity index (χ3n) is 4.23. The summed E-state index contributed by atoms with van der Waals surface area (Å²) in [4.78, 5) is 17.3. The molecular formula is C14H21N3O. The van der Waals surface area contributed by atoms with Gasteiger partial charge in [0.2, 0.25) is 0 Å². The molecule has 98 valence electrons. The molecule has 4 nitrogen and oxygen atoms in total. The number of aryl methyl sites for hydroxylation is 1. The highest BCUT2D eigenvalue weighted by Gasteiger charge is 2.28. The number of hydrogen-bond donors (Lipinski definition) is 2. The number of nitrogens with two attached hydrogens (primary N) is 1. The van der Waals surface area contributed by atoms with Gasteiger partial charge in [0.1, 0.15) is 0 Å². The number of hydrogen-bond acceptors (Lipinski definition) is 3. The lowest BCUT2D eigenvalue weighted by Crippen LogP contribution is -2.36. The highest BCUT2D eigenvalue weighted by atomic mass is 16.1. The molecular weight excluding hydrogens is 226 g/mol. The number of pyridine rings is 1. The fourth-order valence-corrected chi connectivity index (χ4v) is 2.99. The van der Waals surface area contributed by atoms with E-state index in [1.165, 1.54) is 30.5 Å². The summed E-state index contributed by atoms with van der Waals surface area (Å²) >= 11 is 0. The van der Waals surface area contributed by atoms with Gasteiger partial charge in [-0.1, -0.05) is 0 Å². The zero-order valence-corrected chi connectivity index (χ0v) is 11.0. The number of nitrogens with zero attached hydrogens (tertiary/aromatic N) is 1. The molecule has 0 spiro atoms. The number of aromatic amines is 1. The second-order valence-corrected chi connectivity index (χ2v) is 5.65. The molecule has 2 heterocycles. The van der Waals surface area contributed by atoms with Crippen LogP contribution in [0.1, 0.15) is 35.2 Å². The quantitative estimate of drug-likeness (QED) is 0.834. The topological polar surface area (TPSA) is 62.1 Å². The van der Waals surface area contributed by atoms with Gasteiger partial charge in [0.05, 0.1) is 0 Å². The van der Waals surface area contributed by atoms with E-state index in [-0.39, 0.29) is 5.56 Å². The summed E-state index contributed by atoms with van der Waals surface area (Å²) in [6.07, 6.45) is 3.75. The van der Waals surface area contributed by atoms with Crippen LogP contribution in [0.2, 0.25) is 0 Å². The summed E-state index contributed by atoms with van der Waals surface area (Å²) in [5.41, 5.74) is 10.1. The first-order valence-corrected chi connectivity index (χ1v) is 6.85. The Morgan fingerprint density at radius 3 is 2.83 bits per heavy atom. The maximum Gasteiger partial charge on any atom is 0.252 e. The molecule has 1 aromatic rings. The van der Waals surface area contributed by atoms with Crippen LogP contribution in [0.5, 0.6) is 0 Å². The van der Waals surface area contributed by atoms with E-state index in [9.17, 15) is 4.79 Å². The molecule has 2 aliphatic rings. The van der Waals surface area contributed by atoms with Crippen molar-refractivity contribution in [2.75, 3.05) is 13.1 Å². The minimum atomic E-state index is 0.00407. The zero-order valence-electron chi connectivity index (χ0n) is 11.0. The summed E-state index contributed by atoms with van der Waals surface area (Å²) in [6.45, 7) is 5.61. The highest BCUT2D eigenvalue weighted by Crippen LogP contribution is 2.32. The van der Waals surface area contributed by atoms with E-state index in [0.29, 0.717) is 6.54 Å². The smallest absolute Gasteiger partial charge is 0.252 e. The summed E-state index contributed by atoms with van der Waals surface area (Å²) < 4.78 is 0. The Kier molecular flexibility index (Phi) is 2.99.